The lowest BCUT2D eigenvalue weighted by atomic mass is 9.98. The third kappa shape index (κ3) is 2.88. The SMILES string of the molecule is Cc1ccc(CN2CCNCC2(C)C)cc1C. The Morgan fingerprint density at radius 1 is 1.24 bits per heavy atom. The molecule has 0 saturated carbocycles. The first-order valence-electron chi connectivity index (χ1n) is 6.51. The van der Waals surface area contributed by atoms with Gasteiger partial charge < -0.3 is 5.32 Å². The maximum Gasteiger partial charge on any atom is 0.0281 e. The fourth-order valence-corrected chi connectivity index (χ4v) is 2.44. The van der Waals surface area contributed by atoms with Crippen molar-refractivity contribution < 1.29 is 0 Å². The van der Waals surface area contributed by atoms with Gasteiger partial charge in [0.2, 0.25) is 0 Å². The molecule has 0 spiro atoms. The van der Waals surface area contributed by atoms with Crippen molar-refractivity contribution in [2.24, 2.45) is 0 Å². The van der Waals surface area contributed by atoms with E-state index in [2.05, 4.69) is 56.1 Å². The first-order valence-corrected chi connectivity index (χ1v) is 6.51. The minimum absolute atomic E-state index is 0.261. The van der Waals surface area contributed by atoms with Crippen LogP contribution in [-0.2, 0) is 6.54 Å². The van der Waals surface area contributed by atoms with Gasteiger partial charge in [0.25, 0.3) is 0 Å². The highest BCUT2D eigenvalue weighted by molar-refractivity contribution is 5.30. The van der Waals surface area contributed by atoms with Gasteiger partial charge in [-0.15, -0.1) is 0 Å². The highest BCUT2D eigenvalue weighted by Gasteiger charge is 2.29. The lowest BCUT2D eigenvalue weighted by molar-refractivity contribution is 0.0827. The fourth-order valence-electron chi connectivity index (χ4n) is 2.44. The molecule has 0 bridgehead atoms. The number of aryl methyl sites for hydroxylation is 2. The first-order chi connectivity index (χ1) is 7.99. The molecule has 0 aliphatic carbocycles. The molecule has 1 aliphatic rings. The zero-order valence-corrected chi connectivity index (χ0v) is 11.5. The molecule has 1 N–H and O–H groups in total. The number of nitrogens with one attached hydrogen (secondary N) is 1. The van der Waals surface area contributed by atoms with Crippen LogP contribution in [0.2, 0.25) is 0 Å². The van der Waals surface area contributed by atoms with Crippen molar-refractivity contribution in [2.75, 3.05) is 19.6 Å². The number of nitrogens with zero attached hydrogens (tertiary/aromatic N) is 1. The van der Waals surface area contributed by atoms with Gasteiger partial charge in [-0.25, -0.2) is 0 Å². The van der Waals surface area contributed by atoms with Crippen molar-refractivity contribution in [1.29, 1.82) is 0 Å². The molecule has 2 rings (SSSR count). The van der Waals surface area contributed by atoms with E-state index >= 15 is 0 Å². The van der Waals surface area contributed by atoms with Gasteiger partial charge in [0, 0.05) is 31.7 Å². The fraction of sp³-hybridized carbons (Fsp3) is 0.600. The Kier molecular flexibility index (Phi) is 3.55. The van der Waals surface area contributed by atoms with Crippen LogP contribution in [0.15, 0.2) is 18.2 Å². The number of benzene rings is 1. The Bertz CT molecular complexity index is 396. The molecule has 17 heavy (non-hydrogen) atoms. The smallest absolute Gasteiger partial charge is 0.0281 e. The summed E-state index contributed by atoms with van der Waals surface area (Å²) < 4.78 is 0. The first kappa shape index (κ1) is 12.6. The largest absolute Gasteiger partial charge is 0.314 e. The topological polar surface area (TPSA) is 15.3 Å². The summed E-state index contributed by atoms with van der Waals surface area (Å²) in [6.45, 7) is 13.4. The average Bonchev–Trinajstić information content (AvgIpc) is 2.26. The molecule has 1 aliphatic heterocycles. The van der Waals surface area contributed by atoms with Crippen LogP contribution in [0.5, 0.6) is 0 Å². The molecule has 1 fully saturated rings. The molecule has 94 valence electrons. The van der Waals surface area contributed by atoms with Gasteiger partial charge in [-0.3, -0.25) is 4.90 Å². The second-order valence-corrected chi connectivity index (χ2v) is 5.83. The van der Waals surface area contributed by atoms with Crippen LogP contribution in [0.1, 0.15) is 30.5 Å². The molecule has 1 saturated heterocycles. The quantitative estimate of drug-likeness (QED) is 0.843. The van der Waals surface area contributed by atoms with Crippen LogP contribution in [0.4, 0.5) is 0 Å². The Morgan fingerprint density at radius 3 is 2.65 bits per heavy atom. The van der Waals surface area contributed by atoms with Gasteiger partial charge in [0.05, 0.1) is 0 Å². The van der Waals surface area contributed by atoms with E-state index in [1.165, 1.54) is 16.7 Å². The van der Waals surface area contributed by atoms with Crippen LogP contribution >= 0.6 is 0 Å². The summed E-state index contributed by atoms with van der Waals surface area (Å²) in [6.07, 6.45) is 0. The molecule has 1 aromatic rings. The molecule has 1 heterocycles. The molecule has 0 amide bonds. The van der Waals surface area contributed by atoms with Crippen LogP contribution in [0.25, 0.3) is 0 Å². The molecule has 2 heteroatoms. The van der Waals surface area contributed by atoms with Crippen molar-refractivity contribution in [3.8, 4) is 0 Å². The standard InChI is InChI=1S/C15H24N2/c1-12-5-6-14(9-13(12)2)10-17-8-7-16-11-15(17,3)4/h5-6,9,16H,7-8,10-11H2,1-4H3. The van der Waals surface area contributed by atoms with E-state index in [0.29, 0.717) is 0 Å². The Hall–Kier alpha value is -0.860. The van der Waals surface area contributed by atoms with Crippen molar-refractivity contribution in [3.63, 3.8) is 0 Å². The predicted octanol–water partition coefficient (Wildman–Crippen LogP) is 2.49. The third-order valence-electron chi connectivity index (χ3n) is 3.92. The third-order valence-corrected chi connectivity index (χ3v) is 3.92. The molecule has 0 radical (unpaired) electrons. The molecular formula is C15H24N2. The van der Waals surface area contributed by atoms with E-state index in [4.69, 9.17) is 0 Å². The number of piperazine rings is 1. The number of rotatable bonds is 2. The van der Waals surface area contributed by atoms with Gasteiger partial charge in [0.1, 0.15) is 0 Å². The van der Waals surface area contributed by atoms with Gasteiger partial charge in [-0.05, 0) is 44.4 Å². The predicted molar refractivity (Wildman–Crippen MR) is 73.3 cm³/mol. The average molecular weight is 232 g/mol. The molecule has 2 nitrogen and oxygen atoms in total. The number of hydrogen-bond donors (Lipinski definition) is 1. The summed E-state index contributed by atoms with van der Waals surface area (Å²) in [4.78, 5) is 2.58. The van der Waals surface area contributed by atoms with Gasteiger partial charge in [0.15, 0.2) is 0 Å². The van der Waals surface area contributed by atoms with E-state index < -0.39 is 0 Å². The highest BCUT2D eigenvalue weighted by atomic mass is 15.2. The maximum atomic E-state index is 3.47. The second kappa shape index (κ2) is 4.79. The van der Waals surface area contributed by atoms with E-state index in [9.17, 15) is 0 Å². The zero-order chi connectivity index (χ0) is 12.5. The van der Waals surface area contributed by atoms with Crippen molar-refractivity contribution in [2.45, 2.75) is 39.8 Å². The lowest BCUT2D eigenvalue weighted by Gasteiger charge is -2.43. The number of hydrogen-bond acceptors (Lipinski definition) is 2. The monoisotopic (exact) mass is 232 g/mol. The summed E-state index contributed by atoms with van der Waals surface area (Å²) in [5.74, 6) is 0. The van der Waals surface area contributed by atoms with Gasteiger partial charge >= 0.3 is 0 Å². The van der Waals surface area contributed by atoms with Gasteiger partial charge in [-0.2, -0.15) is 0 Å². The molecule has 0 unspecified atom stereocenters. The van der Waals surface area contributed by atoms with E-state index in [-0.39, 0.29) is 5.54 Å². The summed E-state index contributed by atoms with van der Waals surface area (Å²) >= 11 is 0. The Morgan fingerprint density at radius 2 is 2.00 bits per heavy atom. The van der Waals surface area contributed by atoms with Crippen LogP contribution < -0.4 is 5.32 Å². The second-order valence-electron chi connectivity index (χ2n) is 5.83. The zero-order valence-electron chi connectivity index (χ0n) is 11.5. The highest BCUT2D eigenvalue weighted by Crippen LogP contribution is 2.20. The normalized spacial score (nSPS) is 20.5. The molecular weight excluding hydrogens is 208 g/mol. The van der Waals surface area contributed by atoms with E-state index in [0.717, 1.165) is 26.2 Å². The summed E-state index contributed by atoms with van der Waals surface area (Å²) in [5, 5.41) is 3.47. The molecule has 0 atom stereocenters. The minimum atomic E-state index is 0.261. The van der Waals surface area contributed by atoms with E-state index in [1.54, 1.807) is 0 Å². The Balaban J connectivity index is 2.11. The maximum absolute atomic E-state index is 3.47. The Labute approximate surface area is 105 Å². The minimum Gasteiger partial charge on any atom is -0.314 e. The summed E-state index contributed by atoms with van der Waals surface area (Å²) in [7, 11) is 0. The molecule has 0 aromatic heterocycles. The van der Waals surface area contributed by atoms with Gasteiger partial charge in [-0.1, -0.05) is 18.2 Å². The van der Waals surface area contributed by atoms with E-state index in [1.807, 2.05) is 0 Å². The van der Waals surface area contributed by atoms with Crippen molar-refractivity contribution in [1.82, 2.24) is 10.2 Å². The molecule has 1 aromatic carbocycles. The summed E-state index contributed by atoms with van der Waals surface area (Å²) in [5.41, 5.74) is 4.48. The van der Waals surface area contributed by atoms with Crippen molar-refractivity contribution >= 4 is 0 Å². The lowest BCUT2D eigenvalue weighted by Crippen LogP contribution is -2.57. The summed E-state index contributed by atoms with van der Waals surface area (Å²) in [6, 6.07) is 6.83. The van der Waals surface area contributed by atoms with Crippen LogP contribution in [0, 0.1) is 13.8 Å². The van der Waals surface area contributed by atoms with Crippen LogP contribution in [0.3, 0.4) is 0 Å². The van der Waals surface area contributed by atoms with Crippen molar-refractivity contribution in [3.05, 3.63) is 34.9 Å². The van der Waals surface area contributed by atoms with Crippen LogP contribution in [-0.4, -0.2) is 30.1 Å².